The second-order valence-corrected chi connectivity index (χ2v) is 9.61. The van der Waals surface area contributed by atoms with E-state index in [9.17, 15) is 9.59 Å². The third-order valence-electron chi connectivity index (χ3n) is 6.01. The minimum Gasteiger partial charge on any atom is -0.465 e. The Labute approximate surface area is 193 Å². The molecule has 0 aromatic carbocycles. The summed E-state index contributed by atoms with van der Waals surface area (Å²) in [7, 11) is 1.54. The molecule has 0 spiro atoms. The molecule has 1 aliphatic rings. The van der Waals surface area contributed by atoms with Gasteiger partial charge in [0.05, 0.1) is 56.0 Å². The molecule has 0 saturated heterocycles. The Balaban J connectivity index is 2.53. The van der Waals surface area contributed by atoms with Crippen LogP contribution in [0.25, 0.3) is 0 Å². The van der Waals surface area contributed by atoms with E-state index in [-0.39, 0.29) is 43.4 Å². The normalized spacial score (nSPS) is 19.9. The largest absolute Gasteiger partial charge is 0.465 e. The van der Waals surface area contributed by atoms with Crippen molar-refractivity contribution >= 4 is 11.9 Å². The molecule has 0 heterocycles. The highest BCUT2D eigenvalue weighted by Gasteiger charge is 2.31. The molecule has 0 amide bonds. The summed E-state index contributed by atoms with van der Waals surface area (Å²) < 4.78 is 21.9. The van der Waals surface area contributed by atoms with Crippen LogP contribution in [0.2, 0.25) is 0 Å². The monoisotopic (exact) mass is 456 g/mol. The van der Waals surface area contributed by atoms with Crippen LogP contribution < -0.4 is 0 Å². The molecular formula is C25H44O7. The molecule has 1 fully saturated rings. The van der Waals surface area contributed by atoms with Crippen molar-refractivity contribution in [2.24, 2.45) is 17.3 Å². The van der Waals surface area contributed by atoms with Crippen LogP contribution in [0, 0.1) is 17.3 Å². The summed E-state index contributed by atoms with van der Waals surface area (Å²) in [5.41, 5.74) is -0.776. The number of aliphatic hydroxyl groups excluding tert-OH is 1. The minimum atomic E-state index is -0.766. The number of hydrogen-bond donors (Lipinski definition) is 1. The molecular weight excluding hydrogens is 412 g/mol. The number of ether oxygens (including phenoxy) is 4. The van der Waals surface area contributed by atoms with Gasteiger partial charge in [-0.3, -0.25) is 4.79 Å². The number of rotatable bonds is 16. The van der Waals surface area contributed by atoms with E-state index >= 15 is 0 Å². The Kier molecular flexibility index (Phi) is 13.8. The fourth-order valence-corrected chi connectivity index (χ4v) is 3.86. The summed E-state index contributed by atoms with van der Waals surface area (Å²) in [6, 6.07) is 0. The molecule has 186 valence electrons. The number of aliphatic hydroxyl groups is 1. The van der Waals surface area contributed by atoms with Crippen molar-refractivity contribution in [3.05, 3.63) is 12.2 Å². The fourth-order valence-electron chi connectivity index (χ4n) is 3.86. The molecule has 0 bridgehead atoms. The predicted molar refractivity (Wildman–Crippen MR) is 123 cm³/mol. The lowest BCUT2D eigenvalue weighted by molar-refractivity contribution is -0.160. The Morgan fingerprint density at radius 3 is 2.31 bits per heavy atom. The van der Waals surface area contributed by atoms with Gasteiger partial charge in [0, 0.05) is 7.11 Å². The van der Waals surface area contributed by atoms with Crippen molar-refractivity contribution in [1.82, 2.24) is 0 Å². The van der Waals surface area contributed by atoms with Crippen LogP contribution in [-0.4, -0.2) is 63.3 Å². The highest BCUT2D eigenvalue weighted by atomic mass is 16.6. The van der Waals surface area contributed by atoms with Gasteiger partial charge in [0.25, 0.3) is 0 Å². The zero-order valence-electron chi connectivity index (χ0n) is 20.5. The zero-order chi connectivity index (χ0) is 24.0. The summed E-state index contributed by atoms with van der Waals surface area (Å²) in [5.74, 6) is -0.527. The molecule has 1 atom stereocenters. The van der Waals surface area contributed by atoms with E-state index in [1.165, 1.54) is 45.6 Å². The Morgan fingerprint density at radius 2 is 1.72 bits per heavy atom. The van der Waals surface area contributed by atoms with Crippen molar-refractivity contribution in [2.45, 2.75) is 78.2 Å². The third-order valence-corrected chi connectivity index (χ3v) is 6.01. The summed E-state index contributed by atoms with van der Waals surface area (Å²) >= 11 is 0. The molecule has 1 unspecified atom stereocenters. The molecule has 7 heteroatoms. The van der Waals surface area contributed by atoms with Crippen LogP contribution in [0.15, 0.2) is 12.2 Å². The Bertz CT molecular complexity index is 565. The summed E-state index contributed by atoms with van der Waals surface area (Å²) in [5, 5.41) is 9.04. The molecule has 1 rings (SSSR count). The van der Waals surface area contributed by atoms with E-state index in [0.29, 0.717) is 6.61 Å². The maximum absolute atomic E-state index is 12.4. The van der Waals surface area contributed by atoms with Crippen molar-refractivity contribution in [3.8, 4) is 0 Å². The number of carbonyl (C=O) groups excluding carboxylic acids is 2. The fraction of sp³-hybridized carbons (Fsp3) is 0.840. The second kappa shape index (κ2) is 15.4. The van der Waals surface area contributed by atoms with Gasteiger partial charge < -0.3 is 24.1 Å². The van der Waals surface area contributed by atoms with Crippen LogP contribution in [0.1, 0.15) is 72.1 Å². The maximum Gasteiger partial charge on any atom is 0.335 e. The van der Waals surface area contributed by atoms with Gasteiger partial charge >= 0.3 is 11.9 Å². The van der Waals surface area contributed by atoms with E-state index in [4.69, 9.17) is 24.1 Å². The first-order chi connectivity index (χ1) is 15.2. The molecule has 0 aliphatic heterocycles. The van der Waals surface area contributed by atoms with E-state index in [1.54, 1.807) is 13.8 Å². The molecule has 0 aromatic rings. The molecule has 32 heavy (non-hydrogen) atoms. The van der Waals surface area contributed by atoms with Crippen LogP contribution in [0.4, 0.5) is 0 Å². The topological polar surface area (TPSA) is 91.3 Å². The SMILES string of the molecule is C=C(CO)C(=O)OCC(COC(=O)C(C)(C)COC)COC1CCC(CCCCC)CC1. The first kappa shape index (κ1) is 28.6. The highest BCUT2D eigenvalue weighted by molar-refractivity contribution is 5.87. The lowest BCUT2D eigenvalue weighted by Gasteiger charge is -2.30. The van der Waals surface area contributed by atoms with Crippen LogP contribution in [-0.2, 0) is 28.5 Å². The van der Waals surface area contributed by atoms with E-state index in [0.717, 1.165) is 18.8 Å². The lowest BCUT2D eigenvalue weighted by atomic mass is 9.84. The smallest absolute Gasteiger partial charge is 0.335 e. The van der Waals surface area contributed by atoms with Gasteiger partial charge in [-0.15, -0.1) is 0 Å². The third kappa shape index (κ3) is 10.9. The first-order valence-corrected chi connectivity index (χ1v) is 12.0. The van der Waals surface area contributed by atoms with Gasteiger partial charge in [0.2, 0.25) is 0 Å². The van der Waals surface area contributed by atoms with Crippen molar-refractivity contribution in [3.63, 3.8) is 0 Å². The summed E-state index contributed by atoms with van der Waals surface area (Å²) in [4.78, 5) is 24.3. The minimum absolute atomic E-state index is 0.00992. The van der Waals surface area contributed by atoms with E-state index in [1.807, 2.05) is 0 Å². The molecule has 7 nitrogen and oxygen atoms in total. The summed E-state index contributed by atoms with van der Waals surface area (Å²) in [6.07, 6.45) is 9.79. The average Bonchev–Trinajstić information content (AvgIpc) is 2.78. The molecule has 0 radical (unpaired) electrons. The summed E-state index contributed by atoms with van der Waals surface area (Å²) in [6.45, 7) is 9.46. The van der Waals surface area contributed by atoms with Gasteiger partial charge in [0.15, 0.2) is 0 Å². The van der Waals surface area contributed by atoms with Gasteiger partial charge in [-0.2, -0.15) is 0 Å². The number of esters is 2. The van der Waals surface area contributed by atoms with Crippen LogP contribution in [0.5, 0.6) is 0 Å². The molecule has 0 aromatic heterocycles. The first-order valence-electron chi connectivity index (χ1n) is 12.0. The average molecular weight is 457 g/mol. The molecule has 1 N–H and O–H groups in total. The maximum atomic E-state index is 12.4. The Morgan fingerprint density at radius 1 is 1.06 bits per heavy atom. The second-order valence-electron chi connectivity index (χ2n) is 9.61. The van der Waals surface area contributed by atoms with Gasteiger partial charge in [-0.25, -0.2) is 4.79 Å². The lowest BCUT2D eigenvalue weighted by Crippen LogP contribution is -2.34. The van der Waals surface area contributed by atoms with E-state index in [2.05, 4.69) is 13.5 Å². The van der Waals surface area contributed by atoms with Crippen LogP contribution >= 0.6 is 0 Å². The molecule has 1 aliphatic carbocycles. The van der Waals surface area contributed by atoms with E-state index < -0.39 is 18.0 Å². The van der Waals surface area contributed by atoms with Gasteiger partial charge in [-0.05, 0) is 45.4 Å². The standard InChI is InChI=1S/C25H44O7/c1-6-7-8-9-20-10-12-22(13-11-20)30-15-21(16-31-23(27)19(2)14-26)17-32-24(28)25(3,4)18-29-5/h20-22,26H,2,6-18H2,1,3-5H3. The van der Waals surface area contributed by atoms with Crippen LogP contribution in [0.3, 0.4) is 0 Å². The number of carbonyl (C=O) groups is 2. The van der Waals surface area contributed by atoms with Gasteiger partial charge in [0.1, 0.15) is 0 Å². The predicted octanol–water partition coefficient (Wildman–Crippen LogP) is 4.07. The molecule has 1 saturated carbocycles. The quantitative estimate of drug-likeness (QED) is 0.213. The van der Waals surface area contributed by atoms with Crippen molar-refractivity contribution in [1.29, 1.82) is 0 Å². The number of hydrogen-bond acceptors (Lipinski definition) is 7. The van der Waals surface area contributed by atoms with Crippen molar-refractivity contribution < 1.29 is 33.6 Å². The van der Waals surface area contributed by atoms with Gasteiger partial charge in [-0.1, -0.05) is 39.2 Å². The van der Waals surface area contributed by atoms with Crippen molar-refractivity contribution in [2.75, 3.05) is 40.1 Å². The highest BCUT2D eigenvalue weighted by Crippen LogP contribution is 2.30. The number of unbranched alkanes of at least 4 members (excludes halogenated alkanes) is 2. The Hall–Kier alpha value is -1.44. The number of methoxy groups -OCH3 is 1. The zero-order valence-corrected chi connectivity index (χ0v) is 20.5.